The maximum atomic E-state index is 11.1. The fourth-order valence-corrected chi connectivity index (χ4v) is 5.62. The second-order valence-corrected chi connectivity index (χ2v) is 14.8. The van der Waals surface area contributed by atoms with E-state index in [0.717, 1.165) is 116 Å². The van der Waals surface area contributed by atoms with Gasteiger partial charge >= 0.3 is 17.1 Å². The number of hydrogen-bond donors (Lipinski definition) is 0. The summed E-state index contributed by atoms with van der Waals surface area (Å²) < 4.78 is 61.6. The Labute approximate surface area is 292 Å². The predicted molar refractivity (Wildman–Crippen MR) is 176 cm³/mol. The minimum atomic E-state index is -4.02. The molecule has 16 heteroatoms. The fourth-order valence-electron chi connectivity index (χ4n) is 3.28. The Hall–Kier alpha value is 0.849. The van der Waals surface area contributed by atoms with Crippen LogP contribution in [0.1, 0.15) is 157 Å². The van der Waals surface area contributed by atoms with Gasteiger partial charge in [0.2, 0.25) is 0 Å². The molecule has 0 spiro atoms. The van der Waals surface area contributed by atoms with Gasteiger partial charge in [-0.1, -0.05) is 119 Å². The molecule has 0 saturated carbocycles. The van der Waals surface area contributed by atoms with E-state index in [9.17, 15) is 28.4 Å². The van der Waals surface area contributed by atoms with Crippen molar-refractivity contribution < 1.29 is 72.6 Å². The maximum absolute atomic E-state index is 11.1. The molecule has 281 valence electrons. The smallest absolute Gasteiger partial charge is 0.756 e. The van der Waals surface area contributed by atoms with Crippen LogP contribution in [0.25, 0.3) is 0 Å². The molecule has 0 N–H and O–H groups in total. The SMILES string of the molecule is CCCCCOP(=O)([O-])OCCCCC.CCCCCOP(=O)([O-])OCCCCC.CCCCCOP(=O)([O-])OCCCCC.[Fe+3]. The second-order valence-electron chi connectivity index (χ2n) is 10.6. The topological polar surface area (TPSA) is 176 Å². The van der Waals surface area contributed by atoms with Crippen molar-refractivity contribution in [1.29, 1.82) is 0 Å². The van der Waals surface area contributed by atoms with Crippen LogP contribution in [0.5, 0.6) is 0 Å². The van der Waals surface area contributed by atoms with Crippen LogP contribution < -0.4 is 14.7 Å². The molecule has 0 aromatic carbocycles. The minimum absolute atomic E-state index is 0. The van der Waals surface area contributed by atoms with Crippen LogP contribution in [0.4, 0.5) is 0 Å². The number of phosphoric ester groups is 3. The summed E-state index contributed by atoms with van der Waals surface area (Å²) >= 11 is 0. The third-order valence-electron chi connectivity index (χ3n) is 5.98. The van der Waals surface area contributed by atoms with E-state index in [1.165, 1.54) is 0 Å². The summed E-state index contributed by atoms with van der Waals surface area (Å²) in [5.74, 6) is 0. The molecule has 1 radical (unpaired) electrons. The first-order chi connectivity index (χ1) is 21.4. The van der Waals surface area contributed by atoms with Crippen LogP contribution in [0.15, 0.2) is 0 Å². The predicted octanol–water partition coefficient (Wildman–Crippen LogP) is 8.60. The largest absolute Gasteiger partial charge is 3.00 e. The molecule has 0 bridgehead atoms. The van der Waals surface area contributed by atoms with Gasteiger partial charge in [-0.3, -0.25) is 13.7 Å². The first kappa shape index (κ1) is 53.6. The van der Waals surface area contributed by atoms with Gasteiger partial charge < -0.3 is 41.8 Å². The maximum Gasteiger partial charge on any atom is 3.00 e. The van der Waals surface area contributed by atoms with E-state index >= 15 is 0 Å². The molecular formula is C30H66FeO12P3. The molecule has 12 nitrogen and oxygen atoms in total. The summed E-state index contributed by atoms with van der Waals surface area (Å²) in [6.45, 7) is 13.8. The Morgan fingerprint density at radius 3 is 0.565 bits per heavy atom. The van der Waals surface area contributed by atoms with Gasteiger partial charge in [0, 0.05) is 0 Å². The Kier molecular flexibility index (Phi) is 45.1. The van der Waals surface area contributed by atoms with Gasteiger partial charge in [-0.25, -0.2) is 0 Å². The van der Waals surface area contributed by atoms with Crippen molar-refractivity contribution in [1.82, 2.24) is 0 Å². The van der Waals surface area contributed by atoms with Gasteiger partial charge in [-0.05, 0) is 38.5 Å². The van der Waals surface area contributed by atoms with Crippen molar-refractivity contribution in [2.45, 2.75) is 157 Å². The fraction of sp³-hybridized carbons (Fsp3) is 1.00. The molecule has 0 aliphatic carbocycles. The van der Waals surface area contributed by atoms with E-state index in [2.05, 4.69) is 68.7 Å². The first-order valence-electron chi connectivity index (χ1n) is 17.2. The summed E-state index contributed by atoms with van der Waals surface area (Å²) in [5, 5.41) is 0. The molecule has 0 unspecified atom stereocenters. The summed E-state index contributed by atoms with van der Waals surface area (Å²) in [5.41, 5.74) is 0. The van der Waals surface area contributed by atoms with E-state index in [1.807, 2.05) is 0 Å². The van der Waals surface area contributed by atoms with Gasteiger partial charge in [-0.15, -0.1) is 0 Å². The molecular weight excluding hydrogens is 701 g/mol. The average molecular weight is 768 g/mol. The quantitative estimate of drug-likeness (QED) is 0.0387. The van der Waals surface area contributed by atoms with Crippen molar-refractivity contribution in [2.75, 3.05) is 39.6 Å². The standard InChI is InChI=1S/3C10H23O4P.Fe/c3*1-3-5-7-9-13-15(11,12)14-10-8-6-4-2;/h3*3-10H2,1-2H3,(H,11,12);/q;;;+3/p-3. The molecule has 0 heterocycles. The molecule has 0 amide bonds. The van der Waals surface area contributed by atoms with Crippen LogP contribution in [-0.2, 0) is 57.9 Å². The number of rotatable bonds is 30. The second kappa shape index (κ2) is 38.6. The van der Waals surface area contributed by atoms with Gasteiger partial charge in [-0.2, -0.15) is 0 Å². The van der Waals surface area contributed by atoms with E-state index < -0.39 is 23.5 Å². The summed E-state index contributed by atoms with van der Waals surface area (Å²) in [4.78, 5) is 33.4. The molecule has 0 aliphatic rings. The normalized spacial score (nSPS) is 11.7. The van der Waals surface area contributed by atoms with Crippen LogP contribution >= 0.6 is 23.5 Å². The zero-order valence-corrected chi connectivity index (χ0v) is 33.4. The van der Waals surface area contributed by atoms with Crippen LogP contribution in [-0.4, -0.2) is 39.6 Å². The zero-order chi connectivity index (χ0) is 34.7. The average Bonchev–Trinajstić information content (AvgIpc) is 2.99. The molecule has 0 aromatic heterocycles. The molecule has 0 aromatic rings. The van der Waals surface area contributed by atoms with Crippen LogP contribution in [0.3, 0.4) is 0 Å². The van der Waals surface area contributed by atoms with Crippen LogP contribution in [0, 0.1) is 0 Å². The third-order valence-corrected chi connectivity index (χ3v) is 8.98. The number of phosphoric acid groups is 3. The Morgan fingerprint density at radius 2 is 0.457 bits per heavy atom. The minimum Gasteiger partial charge on any atom is -0.756 e. The van der Waals surface area contributed by atoms with Crippen molar-refractivity contribution in [3.63, 3.8) is 0 Å². The number of hydrogen-bond acceptors (Lipinski definition) is 12. The van der Waals surface area contributed by atoms with Gasteiger partial charge in [0.15, 0.2) is 0 Å². The van der Waals surface area contributed by atoms with Gasteiger partial charge in [0.25, 0.3) is 23.5 Å². The molecule has 0 saturated heterocycles. The number of unbranched alkanes of at least 4 members (excludes halogenated alkanes) is 12. The van der Waals surface area contributed by atoms with E-state index in [4.69, 9.17) is 0 Å². The zero-order valence-electron chi connectivity index (χ0n) is 29.6. The van der Waals surface area contributed by atoms with E-state index in [-0.39, 0.29) is 56.7 Å². The van der Waals surface area contributed by atoms with Crippen molar-refractivity contribution in [2.24, 2.45) is 0 Å². The Balaban J connectivity index is -0.000000285. The molecule has 46 heavy (non-hydrogen) atoms. The molecule has 0 aliphatic heterocycles. The summed E-state index contributed by atoms with van der Waals surface area (Å²) in [7, 11) is -12.1. The summed E-state index contributed by atoms with van der Waals surface area (Å²) in [6, 6.07) is 0. The van der Waals surface area contributed by atoms with Crippen molar-refractivity contribution >= 4 is 23.5 Å². The first-order valence-corrected chi connectivity index (χ1v) is 21.5. The monoisotopic (exact) mass is 767 g/mol. The van der Waals surface area contributed by atoms with Gasteiger partial charge in [0.1, 0.15) is 0 Å². The van der Waals surface area contributed by atoms with Crippen molar-refractivity contribution in [3.8, 4) is 0 Å². The molecule has 0 rings (SSSR count). The Morgan fingerprint density at radius 1 is 0.326 bits per heavy atom. The van der Waals surface area contributed by atoms with Gasteiger partial charge in [0.05, 0.1) is 39.6 Å². The summed E-state index contributed by atoms with van der Waals surface area (Å²) in [6.07, 6.45) is 16.8. The molecule has 0 fully saturated rings. The Bertz CT molecular complexity index is 607. The molecule has 0 atom stereocenters. The van der Waals surface area contributed by atoms with Crippen molar-refractivity contribution in [3.05, 3.63) is 0 Å². The third kappa shape index (κ3) is 47.0. The van der Waals surface area contributed by atoms with E-state index in [0.29, 0.717) is 0 Å². The van der Waals surface area contributed by atoms with E-state index in [1.54, 1.807) is 0 Å². The van der Waals surface area contributed by atoms with Crippen LogP contribution in [0.2, 0.25) is 0 Å².